The van der Waals surface area contributed by atoms with Gasteiger partial charge in [-0.15, -0.1) is 11.3 Å². The molecule has 0 bridgehead atoms. The molecule has 0 radical (unpaired) electrons. The summed E-state index contributed by atoms with van der Waals surface area (Å²) in [6.45, 7) is 5.28. The Morgan fingerprint density at radius 1 is 1.26 bits per heavy atom. The Hall–Kier alpha value is -2.06. The first kappa shape index (κ1) is 18.3. The number of nitrogens with one attached hydrogen (secondary N) is 1. The molecule has 27 heavy (non-hydrogen) atoms. The van der Waals surface area contributed by atoms with Crippen LogP contribution < -0.4 is 5.32 Å². The van der Waals surface area contributed by atoms with Gasteiger partial charge in [0, 0.05) is 25.1 Å². The van der Waals surface area contributed by atoms with Crippen molar-refractivity contribution in [3.8, 4) is 0 Å². The van der Waals surface area contributed by atoms with E-state index in [2.05, 4.69) is 22.2 Å². The Morgan fingerprint density at radius 2 is 2.04 bits per heavy atom. The maximum Gasteiger partial charge on any atom is 0.266 e. The van der Waals surface area contributed by atoms with Gasteiger partial charge in [0.25, 0.3) is 5.91 Å². The molecule has 144 valence electrons. The highest BCUT2D eigenvalue weighted by molar-refractivity contribution is 7.11. The van der Waals surface area contributed by atoms with Crippen LogP contribution in [0.15, 0.2) is 5.51 Å². The van der Waals surface area contributed by atoms with E-state index in [9.17, 15) is 4.79 Å². The van der Waals surface area contributed by atoms with E-state index in [0.29, 0.717) is 19.0 Å². The molecule has 0 aliphatic carbocycles. The molecule has 0 spiro atoms. The number of aryl methyl sites for hydroxylation is 1. The molecule has 1 N–H and O–H groups in total. The second kappa shape index (κ2) is 7.52. The third-order valence-electron chi connectivity index (χ3n) is 5.63. The van der Waals surface area contributed by atoms with Gasteiger partial charge in [-0.25, -0.2) is 15.0 Å². The summed E-state index contributed by atoms with van der Waals surface area (Å²) in [7, 11) is 4.08. The predicted octanol–water partition coefficient (Wildman–Crippen LogP) is 2.29. The van der Waals surface area contributed by atoms with Crippen LogP contribution in [0, 0.1) is 6.92 Å². The molecular weight excluding hydrogens is 360 g/mol. The SMILES string of the molecule is CNc1nc(C2CCN(C)CC2)nc2c1CCN(C(=O)c1scnc1C)C2. The van der Waals surface area contributed by atoms with Crippen molar-refractivity contribution in [3.05, 3.63) is 33.2 Å². The number of piperidine rings is 1. The molecule has 2 aliphatic rings. The summed E-state index contributed by atoms with van der Waals surface area (Å²) < 4.78 is 0. The van der Waals surface area contributed by atoms with E-state index in [1.807, 2.05) is 18.9 Å². The maximum absolute atomic E-state index is 12.9. The normalized spacial score (nSPS) is 18.4. The number of thiazole rings is 1. The minimum Gasteiger partial charge on any atom is -0.373 e. The lowest BCUT2D eigenvalue weighted by molar-refractivity contribution is 0.0735. The molecular formula is C19H26N6OS. The van der Waals surface area contributed by atoms with Crippen molar-refractivity contribution in [1.29, 1.82) is 0 Å². The van der Waals surface area contributed by atoms with Gasteiger partial charge in [-0.3, -0.25) is 4.79 Å². The van der Waals surface area contributed by atoms with Crippen LogP contribution in [-0.2, 0) is 13.0 Å². The first-order valence-corrected chi connectivity index (χ1v) is 10.4. The Bertz CT molecular complexity index is 843. The molecule has 2 aromatic heterocycles. The summed E-state index contributed by atoms with van der Waals surface area (Å²) >= 11 is 1.41. The summed E-state index contributed by atoms with van der Waals surface area (Å²) in [4.78, 5) is 31.9. The largest absolute Gasteiger partial charge is 0.373 e. The van der Waals surface area contributed by atoms with Gasteiger partial charge in [-0.1, -0.05) is 0 Å². The van der Waals surface area contributed by atoms with E-state index in [0.717, 1.165) is 65.8 Å². The Kier molecular flexibility index (Phi) is 5.10. The molecule has 0 unspecified atom stereocenters. The van der Waals surface area contributed by atoms with Crippen molar-refractivity contribution >= 4 is 23.1 Å². The van der Waals surface area contributed by atoms with E-state index in [4.69, 9.17) is 9.97 Å². The monoisotopic (exact) mass is 386 g/mol. The molecule has 1 saturated heterocycles. The summed E-state index contributed by atoms with van der Waals surface area (Å²) in [6, 6.07) is 0. The standard InChI is InChI=1S/C19H26N6OS/c1-12-16(27-11-21-12)19(26)25-9-6-14-15(10-25)22-17(23-18(14)20-2)13-4-7-24(3)8-5-13/h11,13H,4-10H2,1-3H3,(H,20,22,23). The fourth-order valence-electron chi connectivity index (χ4n) is 3.93. The average Bonchev–Trinajstić information content (AvgIpc) is 3.12. The van der Waals surface area contributed by atoms with Crippen molar-refractivity contribution in [2.75, 3.05) is 39.0 Å². The number of fused-ring (bicyclic) bond motifs is 1. The fraction of sp³-hybridized carbons (Fsp3) is 0.579. The van der Waals surface area contributed by atoms with E-state index in [1.54, 1.807) is 5.51 Å². The predicted molar refractivity (Wildman–Crippen MR) is 106 cm³/mol. The Morgan fingerprint density at radius 3 is 2.70 bits per heavy atom. The molecule has 2 aliphatic heterocycles. The quantitative estimate of drug-likeness (QED) is 0.872. The zero-order valence-electron chi connectivity index (χ0n) is 16.2. The molecule has 2 aromatic rings. The van der Waals surface area contributed by atoms with Crippen LogP contribution >= 0.6 is 11.3 Å². The van der Waals surface area contributed by atoms with Crippen LogP contribution in [0.4, 0.5) is 5.82 Å². The maximum atomic E-state index is 12.9. The van der Waals surface area contributed by atoms with Gasteiger partial charge in [-0.2, -0.15) is 0 Å². The van der Waals surface area contributed by atoms with Gasteiger partial charge in [0.1, 0.15) is 16.5 Å². The zero-order valence-corrected chi connectivity index (χ0v) is 17.0. The Labute approximate surface area is 163 Å². The number of carbonyl (C=O) groups excluding carboxylic acids is 1. The van der Waals surface area contributed by atoms with Crippen molar-refractivity contribution in [1.82, 2.24) is 24.8 Å². The lowest BCUT2D eigenvalue weighted by atomic mass is 9.95. The van der Waals surface area contributed by atoms with Crippen molar-refractivity contribution < 1.29 is 4.79 Å². The number of carbonyl (C=O) groups is 1. The van der Waals surface area contributed by atoms with Crippen LogP contribution in [0.2, 0.25) is 0 Å². The smallest absolute Gasteiger partial charge is 0.266 e. The highest BCUT2D eigenvalue weighted by Crippen LogP contribution is 2.30. The van der Waals surface area contributed by atoms with E-state index in [-0.39, 0.29) is 5.91 Å². The molecule has 4 rings (SSSR count). The van der Waals surface area contributed by atoms with Gasteiger partial charge in [-0.05, 0) is 46.3 Å². The van der Waals surface area contributed by atoms with Crippen molar-refractivity contribution in [3.63, 3.8) is 0 Å². The average molecular weight is 387 g/mol. The molecule has 4 heterocycles. The molecule has 0 saturated carbocycles. The summed E-state index contributed by atoms with van der Waals surface area (Å²) in [5, 5.41) is 3.25. The highest BCUT2D eigenvalue weighted by Gasteiger charge is 2.29. The van der Waals surface area contributed by atoms with Gasteiger partial charge in [0.15, 0.2) is 0 Å². The highest BCUT2D eigenvalue weighted by atomic mass is 32.1. The van der Waals surface area contributed by atoms with E-state index in [1.165, 1.54) is 11.3 Å². The summed E-state index contributed by atoms with van der Waals surface area (Å²) in [6.07, 6.45) is 2.95. The number of hydrogen-bond donors (Lipinski definition) is 1. The van der Waals surface area contributed by atoms with Crippen LogP contribution in [0.5, 0.6) is 0 Å². The number of aromatic nitrogens is 3. The lowest BCUT2D eigenvalue weighted by Gasteiger charge is -2.31. The minimum absolute atomic E-state index is 0.0612. The first-order valence-electron chi connectivity index (χ1n) is 9.52. The van der Waals surface area contributed by atoms with E-state index >= 15 is 0 Å². The van der Waals surface area contributed by atoms with Crippen molar-refractivity contribution in [2.24, 2.45) is 0 Å². The van der Waals surface area contributed by atoms with Gasteiger partial charge in [0.2, 0.25) is 0 Å². The second-order valence-electron chi connectivity index (χ2n) is 7.43. The third-order valence-corrected chi connectivity index (χ3v) is 6.55. The third kappa shape index (κ3) is 3.55. The molecule has 7 nitrogen and oxygen atoms in total. The van der Waals surface area contributed by atoms with Crippen molar-refractivity contribution in [2.45, 2.75) is 38.6 Å². The summed E-state index contributed by atoms with van der Waals surface area (Å²) in [5.41, 5.74) is 4.69. The molecule has 0 atom stereocenters. The number of nitrogens with zero attached hydrogens (tertiary/aromatic N) is 5. The van der Waals surface area contributed by atoms with Gasteiger partial charge < -0.3 is 15.1 Å². The number of rotatable bonds is 3. The second-order valence-corrected chi connectivity index (χ2v) is 8.28. The number of amides is 1. The zero-order chi connectivity index (χ0) is 19.0. The first-order chi connectivity index (χ1) is 13.1. The van der Waals surface area contributed by atoms with Gasteiger partial charge >= 0.3 is 0 Å². The fourth-order valence-corrected chi connectivity index (χ4v) is 4.70. The molecule has 1 amide bonds. The van der Waals surface area contributed by atoms with Crippen LogP contribution in [0.3, 0.4) is 0 Å². The minimum atomic E-state index is 0.0612. The van der Waals surface area contributed by atoms with Crippen LogP contribution in [0.1, 0.15) is 51.2 Å². The van der Waals surface area contributed by atoms with Gasteiger partial charge in [0.05, 0.1) is 23.4 Å². The summed E-state index contributed by atoms with van der Waals surface area (Å²) in [5.74, 6) is 2.31. The van der Waals surface area contributed by atoms with Crippen LogP contribution in [-0.4, -0.2) is 64.4 Å². The number of hydrogen-bond acceptors (Lipinski definition) is 7. The molecule has 8 heteroatoms. The molecule has 1 fully saturated rings. The Balaban J connectivity index is 1.60. The van der Waals surface area contributed by atoms with E-state index < -0.39 is 0 Å². The molecule has 0 aromatic carbocycles. The number of likely N-dealkylation sites (tertiary alicyclic amines) is 1. The topological polar surface area (TPSA) is 74.2 Å². The van der Waals surface area contributed by atoms with Crippen LogP contribution in [0.25, 0.3) is 0 Å². The lowest BCUT2D eigenvalue weighted by Crippen LogP contribution is -2.37. The number of anilines is 1.